The molecular formula is C15H16N2. The average molecular weight is 224 g/mol. The normalized spacial score (nSPS) is 12.3. The lowest BCUT2D eigenvalue weighted by Gasteiger charge is -2.12. The van der Waals surface area contributed by atoms with Gasteiger partial charge in [0.25, 0.3) is 0 Å². The molecule has 2 N–H and O–H groups in total. The molecule has 0 aliphatic carbocycles. The number of hydrogen-bond donors (Lipinski definition) is 1. The number of nitrogens with two attached hydrogens (primary N) is 1. The molecule has 0 radical (unpaired) electrons. The number of rotatable bonds is 3. The summed E-state index contributed by atoms with van der Waals surface area (Å²) in [5.74, 6) is 2.61. The molecule has 0 fully saturated rings. The highest BCUT2D eigenvalue weighted by atomic mass is 14.8. The van der Waals surface area contributed by atoms with Gasteiger partial charge in [0.05, 0.1) is 11.2 Å². The topological polar surface area (TPSA) is 38.9 Å². The van der Waals surface area contributed by atoms with E-state index in [1.165, 1.54) is 10.9 Å². The SMILES string of the molecule is C#CCCC(N)c1cc(C)c2ccccc2n1. The van der Waals surface area contributed by atoms with E-state index >= 15 is 0 Å². The van der Waals surface area contributed by atoms with E-state index in [4.69, 9.17) is 12.2 Å². The molecule has 2 aromatic rings. The van der Waals surface area contributed by atoms with Gasteiger partial charge in [-0.25, -0.2) is 0 Å². The van der Waals surface area contributed by atoms with Gasteiger partial charge < -0.3 is 5.73 Å². The molecule has 0 bridgehead atoms. The van der Waals surface area contributed by atoms with Crippen molar-refractivity contribution < 1.29 is 0 Å². The number of fused-ring (bicyclic) bond motifs is 1. The van der Waals surface area contributed by atoms with Gasteiger partial charge in [0.15, 0.2) is 0 Å². The van der Waals surface area contributed by atoms with Gasteiger partial charge in [0.2, 0.25) is 0 Å². The van der Waals surface area contributed by atoms with Crippen molar-refractivity contribution in [3.8, 4) is 12.3 Å². The van der Waals surface area contributed by atoms with E-state index in [0.29, 0.717) is 6.42 Å². The zero-order valence-electron chi connectivity index (χ0n) is 9.98. The maximum Gasteiger partial charge on any atom is 0.0708 e. The molecule has 1 aromatic carbocycles. The Labute approximate surface area is 102 Å². The number of benzene rings is 1. The molecule has 1 unspecified atom stereocenters. The van der Waals surface area contributed by atoms with Crippen molar-refractivity contribution >= 4 is 10.9 Å². The van der Waals surface area contributed by atoms with Crippen LogP contribution in [-0.4, -0.2) is 4.98 Å². The summed E-state index contributed by atoms with van der Waals surface area (Å²) in [7, 11) is 0. The Morgan fingerprint density at radius 1 is 1.41 bits per heavy atom. The second kappa shape index (κ2) is 4.99. The molecule has 1 heterocycles. The summed E-state index contributed by atoms with van der Waals surface area (Å²) in [6, 6.07) is 10.1. The first-order valence-electron chi connectivity index (χ1n) is 5.77. The van der Waals surface area contributed by atoms with Gasteiger partial charge in [0, 0.05) is 17.8 Å². The first kappa shape index (κ1) is 11.6. The van der Waals surface area contributed by atoms with Crippen molar-refractivity contribution in [1.82, 2.24) is 4.98 Å². The van der Waals surface area contributed by atoms with E-state index in [0.717, 1.165) is 17.6 Å². The third-order valence-electron chi connectivity index (χ3n) is 2.92. The Bertz CT molecular complexity index is 567. The number of nitrogens with zero attached hydrogens (tertiary/aromatic N) is 1. The maximum atomic E-state index is 6.08. The molecule has 0 amide bonds. The van der Waals surface area contributed by atoms with Gasteiger partial charge in [-0.2, -0.15) is 0 Å². The number of terminal acetylenes is 1. The zero-order valence-corrected chi connectivity index (χ0v) is 9.98. The molecule has 86 valence electrons. The van der Waals surface area contributed by atoms with Crippen molar-refractivity contribution in [3.63, 3.8) is 0 Å². The van der Waals surface area contributed by atoms with Crippen LogP contribution in [0.15, 0.2) is 30.3 Å². The number of aryl methyl sites for hydroxylation is 1. The lowest BCUT2D eigenvalue weighted by molar-refractivity contribution is 0.650. The highest BCUT2D eigenvalue weighted by molar-refractivity contribution is 5.82. The standard InChI is InChI=1S/C15H16N2/c1-3-4-8-13(16)15-10-11(2)12-7-5-6-9-14(12)17-15/h1,5-7,9-10,13H,4,8,16H2,2H3. The van der Waals surface area contributed by atoms with Crippen molar-refractivity contribution in [2.75, 3.05) is 0 Å². The summed E-state index contributed by atoms with van der Waals surface area (Å²) in [4.78, 5) is 4.60. The third kappa shape index (κ3) is 2.46. The van der Waals surface area contributed by atoms with Crippen LogP contribution in [0.2, 0.25) is 0 Å². The fourth-order valence-corrected chi connectivity index (χ4v) is 1.95. The predicted octanol–water partition coefficient (Wildman–Crippen LogP) is 2.96. The molecule has 2 nitrogen and oxygen atoms in total. The molecule has 17 heavy (non-hydrogen) atoms. The second-order valence-corrected chi connectivity index (χ2v) is 4.23. The van der Waals surface area contributed by atoms with Gasteiger partial charge >= 0.3 is 0 Å². The van der Waals surface area contributed by atoms with Crippen LogP contribution in [0, 0.1) is 19.3 Å². The summed E-state index contributed by atoms with van der Waals surface area (Å²) in [5, 5.41) is 1.18. The fourth-order valence-electron chi connectivity index (χ4n) is 1.95. The molecule has 0 aliphatic rings. The summed E-state index contributed by atoms with van der Waals surface area (Å²) >= 11 is 0. The van der Waals surface area contributed by atoms with Crippen LogP contribution in [-0.2, 0) is 0 Å². The van der Waals surface area contributed by atoms with Crippen molar-refractivity contribution in [3.05, 3.63) is 41.6 Å². The minimum atomic E-state index is -0.0747. The summed E-state index contributed by atoms with van der Waals surface area (Å²) in [6.07, 6.45) is 6.72. The van der Waals surface area contributed by atoms with E-state index in [2.05, 4.69) is 30.0 Å². The first-order chi connectivity index (χ1) is 8.22. The smallest absolute Gasteiger partial charge is 0.0708 e. The fraction of sp³-hybridized carbons (Fsp3) is 0.267. The highest BCUT2D eigenvalue weighted by Gasteiger charge is 2.09. The molecule has 0 saturated carbocycles. The molecule has 0 saturated heterocycles. The van der Waals surface area contributed by atoms with E-state index < -0.39 is 0 Å². The Morgan fingerprint density at radius 3 is 2.94 bits per heavy atom. The van der Waals surface area contributed by atoms with Crippen molar-refractivity contribution in [1.29, 1.82) is 0 Å². The van der Waals surface area contributed by atoms with Crippen LogP contribution in [0.1, 0.15) is 30.1 Å². The lowest BCUT2D eigenvalue weighted by Crippen LogP contribution is -2.12. The van der Waals surface area contributed by atoms with E-state index in [-0.39, 0.29) is 6.04 Å². The van der Waals surface area contributed by atoms with Crippen molar-refractivity contribution in [2.24, 2.45) is 5.73 Å². The van der Waals surface area contributed by atoms with Crippen LogP contribution < -0.4 is 5.73 Å². The first-order valence-corrected chi connectivity index (χ1v) is 5.77. The number of aromatic nitrogens is 1. The van der Waals surface area contributed by atoms with Gasteiger partial charge in [0.1, 0.15) is 0 Å². The number of para-hydroxylation sites is 1. The second-order valence-electron chi connectivity index (χ2n) is 4.23. The quantitative estimate of drug-likeness (QED) is 0.814. The molecule has 0 aliphatic heterocycles. The third-order valence-corrected chi connectivity index (χ3v) is 2.92. The average Bonchev–Trinajstić information content (AvgIpc) is 2.36. The summed E-state index contributed by atoms with van der Waals surface area (Å²) < 4.78 is 0. The molecule has 1 aromatic heterocycles. The van der Waals surface area contributed by atoms with Crippen LogP contribution in [0.25, 0.3) is 10.9 Å². The van der Waals surface area contributed by atoms with Gasteiger partial charge in [-0.05, 0) is 31.0 Å². The Hall–Kier alpha value is -1.85. The molecule has 0 spiro atoms. The maximum absolute atomic E-state index is 6.08. The predicted molar refractivity (Wildman–Crippen MR) is 71.5 cm³/mol. The Morgan fingerprint density at radius 2 is 2.18 bits per heavy atom. The lowest BCUT2D eigenvalue weighted by atomic mass is 10.0. The summed E-state index contributed by atoms with van der Waals surface area (Å²) in [6.45, 7) is 2.08. The minimum absolute atomic E-state index is 0.0747. The van der Waals surface area contributed by atoms with Crippen LogP contribution in [0.3, 0.4) is 0 Å². The van der Waals surface area contributed by atoms with E-state index in [9.17, 15) is 0 Å². The van der Waals surface area contributed by atoms with Crippen LogP contribution >= 0.6 is 0 Å². The molecule has 2 heteroatoms. The Kier molecular flexibility index (Phi) is 3.41. The number of pyridine rings is 1. The van der Waals surface area contributed by atoms with Crippen LogP contribution in [0.4, 0.5) is 0 Å². The van der Waals surface area contributed by atoms with Gasteiger partial charge in [-0.3, -0.25) is 4.98 Å². The van der Waals surface area contributed by atoms with E-state index in [1.54, 1.807) is 0 Å². The minimum Gasteiger partial charge on any atom is -0.323 e. The largest absolute Gasteiger partial charge is 0.323 e. The number of hydrogen-bond acceptors (Lipinski definition) is 2. The monoisotopic (exact) mass is 224 g/mol. The summed E-state index contributed by atoms with van der Waals surface area (Å²) in [5.41, 5.74) is 9.22. The van der Waals surface area contributed by atoms with Gasteiger partial charge in [-0.1, -0.05) is 18.2 Å². The highest BCUT2D eigenvalue weighted by Crippen LogP contribution is 2.21. The molecule has 2 rings (SSSR count). The molecular weight excluding hydrogens is 208 g/mol. The zero-order chi connectivity index (χ0) is 12.3. The van der Waals surface area contributed by atoms with Crippen LogP contribution in [0.5, 0.6) is 0 Å². The van der Waals surface area contributed by atoms with Gasteiger partial charge in [-0.15, -0.1) is 12.3 Å². The van der Waals surface area contributed by atoms with E-state index in [1.807, 2.05) is 18.2 Å². The Balaban J connectivity index is 2.40. The van der Waals surface area contributed by atoms with Crippen molar-refractivity contribution in [2.45, 2.75) is 25.8 Å². The molecule has 1 atom stereocenters.